The highest BCUT2D eigenvalue weighted by molar-refractivity contribution is 5.97. The number of hydrogen-bond acceptors (Lipinski definition) is 13. The van der Waals surface area contributed by atoms with Crippen molar-refractivity contribution in [1.82, 2.24) is 36.8 Å². The standard InChI is InChI=1S/C40H56N10O12/c41-15-5-4-9-27(46-38(60)29(19-32(43)53)47-35(57)26(42)17-23-7-2-1-3-8-23)36(58)44-20-33(54)50-16-6-10-31(50)40(62)49-30(22-51)39(61)48-28(37(59)45-21-34(55)56)18-24-11-13-25(52)14-12-24/h1-3,7-8,11-14,26-31,51-52H,4-6,9-10,15-22,41-42H2,(H2,43,53)(H,44,58)(H,45,59)(H,46,60)(H,47,57)(H,48,61)(H,49,62)(H,55,56)/t26-,27-,28-,29-,30-,31-/m0/s1. The molecule has 1 aliphatic rings. The number of carboxylic acid groups (broad SMARTS) is 1. The number of nitrogens with two attached hydrogens (primary N) is 3. The SMILES string of the molecule is NCCCC[C@H](NC(=O)[C@H](CC(N)=O)NC(=O)[C@@H](N)Cc1ccccc1)C(=O)NCC(=O)N1CCC[C@H]1C(=O)N[C@@H](CO)C(=O)N[C@@H](Cc1ccc(O)cc1)C(=O)NCC(=O)O. The van der Waals surface area contributed by atoms with Crippen molar-refractivity contribution in [2.24, 2.45) is 17.2 Å². The Morgan fingerprint density at radius 1 is 0.710 bits per heavy atom. The van der Waals surface area contributed by atoms with E-state index in [0.29, 0.717) is 24.8 Å². The predicted octanol–water partition coefficient (Wildman–Crippen LogP) is -4.25. The van der Waals surface area contributed by atoms with Crippen LogP contribution >= 0.6 is 0 Å². The summed E-state index contributed by atoms with van der Waals surface area (Å²) in [4.78, 5) is 117. The van der Waals surface area contributed by atoms with E-state index in [1.54, 1.807) is 30.3 Å². The highest BCUT2D eigenvalue weighted by Gasteiger charge is 2.37. The summed E-state index contributed by atoms with van der Waals surface area (Å²) in [5.74, 6) is -8.13. The van der Waals surface area contributed by atoms with E-state index in [9.17, 15) is 53.4 Å². The normalized spacial score (nSPS) is 15.7. The molecule has 0 radical (unpaired) electrons. The van der Waals surface area contributed by atoms with E-state index in [0.717, 1.165) is 5.56 Å². The van der Waals surface area contributed by atoms with Gasteiger partial charge in [0.05, 0.1) is 25.6 Å². The number of phenols is 1. The molecule has 2 aromatic carbocycles. The maximum absolute atomic E-state index is 13.4. The number of nitrogens with one attached hydrogen (secondary N) is 6. The molecule has 0 bridgehead atoms. The van der Waals surface area contributed by atoms with E-state index in [-0.39, 0.29) is 44.5 Å². The summed E-state index contributed by atoms with van der Waals surface area (Å²) in [6.07, 6.45) is 0.811. The van der Waals surface area contributed by atoms with Crippen LogP contribution in [0.1, 0.15) is 49.7 Å². The Bertz CT molecular complexity index is 1880. The largest absolute Gasteiger partial charge is 0.508 e. The molecule has 62 heavy (non-hydrogen) atoms. The zero-order valence-electron chi connectivity index (χ0n) is 34.0. The number of hydrogen-bond donors (Lipinski definition) is 12. The molecule has 22 nitrogen and oxygen atoms in total. The summed E-state index contributed by atoms with van der Waals surface area (Å²) in [6, 6.07) is 6.60. The predicted molar refractivity (Wildman–Crippen MR) is 220 cm³/mol. The topological polar surface area (TPSA) is 368 Å². The van der Waals surface area contributed by atoms with Crippen LogP contribution in [0.5, 0.6) is 5.75 Å². The zero-order chi connectivity index (χ0) is 45.8. The van der Waals surface area contributed by atoms with Gasteiger partial charge in [0.25, 0.3) is 0 Å². The van der Waals surface area contributed by atoms with Crippen LogP contribution in [0.4, 0.5) is 0 Å². The number of aromatic hydroxyl groups is 1. The molecule has 2 aromatic rings. The summed E-state index contributed by atoms with van der Waals surface area (Å²) in [5.41, 5.74) is 18.3. The third-order valence-corrected chi connectivity index (χ3v) is 9.78. The van der Waals surface area contributed by atoms with E-state index >= 15 is 0 Å². The van der Waals surface area contributed by atoms with Crippen molar-refractivity contribution in [1.29, 1.82) is 0 Å². The van der Waals surface area contributed by atoms with Gasteiger partial charge in [-0.25, -0.2) is 0 Å². The lowest BCUT2D eigenvalue weighted by molar-refractivity contribution is -0.140. The number of unbranched alkanes of at least 4 members (excludes halogenated alkanes) is 1. The molecule has 6 atom stereocenters. The molecular formula is C40H56N10O12. The molecule has 1 heterocycles. The van der Waals surface area contributed by atoms with Gasteiger partial charge in [-0.3, -0.25) is 43.2 Å². The molecule has 1 saturated heterocycles. The molecule has 1 aliphatic heterocycles. The molecule has 15 N–H and O–H groups in total. The Morgan fingerprint density at radius 2 is 1.31 bits per heavy atom. The zero-order valence-corrected chi connectivity index (χ0v) is 34.0. The van der Waals surface area contributed by atoms with Crippen LogP contribution in [0, 0.1) is 0 Å². The summed E-state index contributed by atoms with van der Waals surface area (Å²) in [7, 11) is 0. The third-order valence-electron chi connectivity index (χ3n) is 9.78. The average molecular weight is 869 g/mol. The van der Waals surface area contributed by atoms with E-state index < -0.39 is 116 Å². The number of carbonyl (C=O) groups excluding carboxylic acids is 8. The molecule has 8 amide bonds. The smallest absolute Gasteiger partial charge is 0.322 e. The number of rotatable bonds is 25. The number of amides is 8. The molecule has 1 fully saturated rings. The lowest BCUT2D eigenvalue weighted by Crippen LogP contribution is -2.59. The minimum atomic E-state index is -1.60. The molecule has 0 unspecified atom stereocenters. The highest BCUT2D eigenvalue weighted by atomic mass is 16.4. The van der Waals surface area contributed by atoms with Crippen molar-refractivity contribution < 1.29 is 58.5 Å². The Labute approximate surface area is 357 Å². The number of carbonyl (C=O) groups is 9. The van der Waals surface area contributed by atoms with Gasteiger partial charge in [0, 0.05) is 13.0 Å². The molecule has 22 heteroatoms. The molecule has 0 aromatic heterocycles. The number of aliphatic carboxylic acids is 1. The van der Waals surface area contributed by atoms with Gasteiger partial charge in [-0.05, 0) is 68.3 Å². The van der Waals surface area contributed by atoms with Gasteiger partial charge in [0.1, 0.15) is 42.5 Å². The molecular weight excluding hydrogens is 812 g/mol. The van der Waals surface area contributed by atoms with Crippen molar-refractivity contribution in [3.63, 3.8) is 0 Å². The quantitative estimate of drug-likeness (QED) is 0.0421. The van der Waals surface area contributed by atoms with Crippen LogP contribution < -0.4 is 49.1 Å². The first kappa shape index (κ1) is 49.7. The number of carboxylic acids is 1. The molecule has 0 spiro atoms. The van der Waals surface area contributed by atoms with E-state index in [1.807, 2.05) is 0 Å². The van der Waals surface area contributed by atoms with Gasteiger partial charge in [-0.1, -0.05) is 42.5 Å². The number of phenolic OH excluding ortho intramolecular Hbond substituents is 1. The second-order valence-electron chi connectivity index (χ2n) is 14.6. The van der Waals surface area contributed by atoms with Crippen LogP contribution in [0.25, 0.3) is 0 Å². The summed E-state index contributed by atoms with van der Waals surface area (Å²) < 4.78 is 0. The second kappa shape index (κ2) is 25.2. The van der Waals surface area contributed by atoms with Gasteiger partial charge >= 0.3 is 5.97 Å². The van der Waals surface area contributed by atoms with Crippen LogP contribution in [0.15, 0.2) is 54.6 Å². The van der Waals surface area contributed by atoms with Crippen LogP contribution in [0.2, 0.25) is 0 Å². The summed E-state index contributed by atoms with van der Waals surface area (Å²) >= 11 is 0. The third kappa shape index (κ3) is 16.4. The Balaban J connectivity index is 1.64. The fourth-order valence-corrected chi connectivity index (χ4v) is 6.51. The van der Waals surface area contributed by atoms with E-state index in [1.165, 1.54) is 29.2 Å². The van der Waals surface area contributed by atoms with E-state index in [2.05, 4.69) is 31.9 Å². The van der Waals surface area contributed by atoms with Gasteiger partial charge in [0.15, 0.2) is 0 Å². The average Bonchev–Trinajstić information content (AvgIpc) is 3.74. The summed E-state index contributed by atoms with van der Waals surface area (Å²) in [6.45, 7) is -1.91. The first-order valence-corrected chi connectivity index (χ1v) is 20.0. The van der Waals surface area contributed by atoms with Crippen LogP contribution in [-0.2, 0) is 56.0 Å². The minimum absolute atomic E-state index is 0.0580. The van der Waals surface area contributed by atoms with Crippen molar-refractivity contribution in [3.05, 3.63) is 65.7 Å². The maximum Gasteiger partial charge on any atom is 0.322 e. The second-order valence-corrected chi connectivity index (χ2v) is 14.6. The van der Waals surface area contributed by atoms with Crippen molar-refractivity contribution in [2.45, 2.75) is 87.6 Å². The number of aliphatic hydroxyl groups excluding tert-OH is 1. The molecule has 0 aliphatic carbocycles. The maximum atomic E-state index is 13.4. The first-order chi connectivity index (χ1) is 29.5. The number of nitrogens with zero attached hydrogens (tertiary/aromatic N) is 1. The fourth-order valence-electron chi connectivity index (χ4n) is 6.51. The number of benzene rings is 2. The van der Waals surface area contributed by atoms with Crippen LogP contribution in [-0.4, -0.2) is 142 Å². The monoisotopic (exact) mass is 868 g/mol. The Hall–Kier alpha value is -6.65. The number of primary amides is 1. The van der Waals surface area contributed by atoms with Crippen molar-refractivity contribution in [2.75, 3.05) is 32.8 Å². The Morgan fingerprint density at radius 3 is 1.94 bits per heavy atom. The van der Waals surface area contributed by atoms with Gasteiger partial charge in [-0.15, -0.1) is 0 Å². The lowest BCUT2D eigenvalue weighted by atomic mass is 10.0. The first-order valence-electron chi connectivity index (χ1n) is 20.0. The van der Waals surface area contributed by atoms with Crippen LogP contribution in [0.3, 0.4) is 0 Å². The molecule has 0 saturated carbocycles. The highest BCUT2D eigenvalue weighted by Crippen LogP contribution is 2.18. The van der Waals surface area contributed by atoms with Gasteiger partial charge < -0.3 is 69.3 Å². The van der Waals surface area contributed by atoms with Crippen molar-refractivity contribution >= 4 is 53.2 Å². The number of likely N-dealkylation sites (tertiary alicyclic amines) is 1. The summed E-state index contributed by atoms with van der Waals surface area (Å²) in [5, 5.41) is 43.0. The van der Waals surface area contributed by atoms with E-state index in [4.69, 9.17) is 22.3 Å². The Kier molecular flexibility index (Phi) is 20.2. The number of aliphatic hydroxyl groups is 1. The van der Waals surface area contributed by atoms with Crippen molar-refractivity contribution in [3.8, 4) is 5.75 Å². The van der Waals surface area contributed by atoms with Gasteiger partial charge in [0.2, 0.25) is 47.3 Å². The minimum Gasteiger partial charge on any atom is -0.508 e. The molecule has 3 rings (SSSR count). The fraction of sp³-hybridized carbons (Fsp3) is 0.475. The van der Waals surface area contributed by atoms with Gasteiger partial charge in [-0.2, -0.15) is 0 Å². The lowest BCUT2D eigenvalue weighted by Gasteiger charge is -2.27. The molecule has 338 valence electrons.